The molecule has 0 saturated carbocycles. The molecule has 0 aliphatic rings. The van der Waals surface area contributed by atoms with E-state index < -0.39 is 17.7 Å². The van der Waals surface area contributed by atoms with E-state index in [4.69, 9.17) is 5.21 Å². The molecular weight excluding hydrogens is 184 g/mol. The second-order valence-electron chi connectivity index (χ2n) is 3.05. The highest BCUT2D eigenvalue weighted by atomic mass is 16.5. The molecule has 82 valence electrons. The van der Waals surface area contributed by atoms with Crippen LogP contribution in [0.25, 0.3) is 0 Å². The number of hydrogen-bond acceptors (Lipinski definition) is 4. The van der Waals surface area contributed by atoms with Crippen LogP contribution in [0.2, 0.25) is 0 Å². The maximum atomic E-state index is 11.3. The maximum absolute atomic E-state index is 11.3. The number of likely N-dealkylation sites (N-methyl/N-ethyl adjacent to an activating group) is 1. The van der Waals surface area contributed by atoms with E-state index >= 15 is 0 Å². The standard InChI is InChI=1S/C9H18N2O3/c1-3-5-6-7(11-14)8(12)9(13)10-4-2/h7,11,14H,3-6H2,1-2H3,(H,10,13). The van der Waals surface area contributed by atoms with Crippen LogP contribution in [0.4, 0.5) is 0 Å². The van der Waals surface area contributed by atoms with E-state index in [0.717, 1.165) is 12.8 Å². The SMILES string of the molecule is CCCCC(NO)C(=O)C(=O)NCC. The minimum atomic E-state index is -0.776. The summed E-state index contributed by atoms with van der Waals surface area (Å²) in [6, 6.07) is -0.776. The lowest BCUT2D eigenvalue weighted by molar-refractivity contribution is -0.140. The molecule has 14 heavy (non-hydrogen) atoms. The number of unbranched alkanes of at least 4 members (excludes halogenated alkanes) is 1. The first-order valence-electron chi connectivity index (χ1n) is 4.89. The third-order valence-corrected chi connectivity index (χ3v) is 1.88. The molecule has 1 atom stereocenters. The fraction of sp³-hybridized carbons (Fsp3) is 0.778. The van der Waals surface area contributed by atoms with Gasteiger partial charge in [0.2, 0.25) is 5.78 Å². The van der Waals surface area contributed by atoms with Crippen molar-refractivity contribution in [2.75, 3.05) is 6.54 Å². The molecule has 0 bridgehead atoms. The lowest BCUT2D eigenvalue weighted by atomic mass is 10.1. The zero-order chi connectivity index (χ0) is 11.0. The number of ketones is 1. The van der Waals surface area contributed by atoms with E-state index in [2.05, 4.69) is 5.32 Å². The first-order chi connectivity index (χ1) is 6.67. The van der Waals surface area contributed by atoms with Crippen LogP contribution in [0.3, 0.4) is 0 Å². The highest BCUT2D eigenvalue weighted by molar-refractivity contribution is 6.38. The molecule has 5 nitrogen and oxygen atoms in total. The van der Waals surface area contributed by atoms with Crippen molar-refractivity contribution in [3.05, 3.63) is 0 Å². The number of Topliss-reactive ketones (excluding diaryl/α,β-unsaturated/α-hetero) is 1. The Morgan fingerprint density at radius 3 is 2.43 bits per heavy atom. The second kappa shape index (κ2) is 7.46. The number of hydroxylamine groups is 1. The molecule has 0 radical (unpaired) electrons. The normalized spacial score (nSPS) is 12.2. The average molecular weight is 202 g/mol. The van der Waals surface area contributed by atoms with Crippen molar-refractivity contribution in [2.24, 2.45) is 0 Å². The van der Waals surface area contributed by atoms with Gasteiger partial charge < -0.3 is 10.5 Å². The minimum Gasteiger partial charge on any atom is -0.350 e. The third kappa shape index (κ3) is 4.34. The molecule has 1 amide bonds. The summed E-state index contributed by atoms with van der Waals surface area (Å²) in [6.45, 7) is 4.13. The molecular formula is C9H18N2O3. The molecule has 0 aliphatic carbocycles. The van der Waals surface area contributed by atoms with E-state index in [1.807, 2.05) is 12.4 Å². The summed E-state index contributed by atoms with van der Waals surface area (Å²) in [5.74, 6) is -1.25. The van der Waals surface area contributed by atoms with E-state index in [9.17, 15) is 9.59 Å². The molecule has 0 aromatic rings. The molecule has 0 aromatic heterocycles. The van der Waals surface area contributed by atoms with E-state index in [-0.39, 0.29) is 0 Å². The lowest BCUT2D eigenvalue weighted by Crippen LogP contribution is -2.44. The highest BCUT2D eigenvalue weighted by Gasteiger charge is 2.23. The van der Waals surface area contributed by atoms with Crippen molar-refractivity contribution >= 4 is 11.7 Å². The van der Waals surface area contributed by atoms with E-state index in [1.54, 1.807) is 6.92 Å². The zero-order valence-electron chi connectivity index (χ0n) is 8.67. The molecule has 0 aliphatic heterocycles. The van der Waals surface area contributed by atoms with Gasteiger partial charge in [0.25, 0.3) is 5.91 Å². The molecule has 1 unspecified atom stereocenters. The van der Waals surface area contributed by atoms with E-state index in [0.29, 0.717) is 13.0 Å². The van der Waals surface area contributed by atoms with Gasteiger partial charge in [-0.2, -0.15) is 5.48 Å². The molecule has 0 spiro atoms. The van der Waals surface area contributed by atoms with Gasteiger partial charge in [-0.25, -0.2) is 0 Å². The summed E-state index contributed by atoms with van der Waals surface area (Å²) in [5.41, 5.74) is 1.87. The van der Waals surface area contributed by atoms with Crippen LogP contribution in [-0.2, 0) is 9.59 Å². The van der Waals surface area contributed by atoms with Crippen molar-refractivity contribution in [2.45, 2.75) is 39.2 Å². The van der Waals surface area contributed by atoms with Gasteiger partial charge >= 0.3 is 0 Å². The van der Waals surface area contributed by atoms with Crippen LogP contribution in [-0.4, -0.2) is 29.5 Å². The lowest BCUT2D eigenvalue weighted by Gasteiger charge is -2.12. The number of carbonyl (C=O) groups excluding carboxylic acids is 2. The van der Waals surface area contributed by atoms with Crippen LogP contribution in [0.5, 0.6) is 0 Å². The smallest absolute Gasteiger partial charge is 0.289 e. The predicted octanol–water partition coefficient (Wildman–Crippen LogP) is 0.229. The topological polar surface area (TPSA) is 78.4 Å². The van der Waals surface area contributed by atoms with E-state index in [1.165, 1.54) is 0 Å². The molecule has 0 heterocycles. The number of hydrogen-bond donors (Lipinski definition) is 3. The summed E-state index contributed by atoms with van der Waals surface area (Å²) in [6.07, 6.45) is 2.19. The summed E-state index contributed by atoms with van der Waals surface area (Å²) < 4.78 is 0. The number of carbonyl (C=O) groups is 2. The first kappa shape index (κ1) is 13.1. The Labute approximate surface area is 83.8 Å². The number of amides is 1. The van der Waals surface area contributed by atoms with Gasteiger partial charge in [-0.15, -0.1) is 0 Å². The molecule has 3 N–H and O–H groups in total. The Hall–Kier alpha value is -0.940. The van der Waals surface area contributed by atoms with Crippen molar-refractivity contribution < 1.29 is 14.8 Å². The molecule has 5 heteroatoms. The summed E-state index contributed by atoms with van der Waals surface area (Å²) in [4.78, 5) is 22.4. The summed E-state index contributed by atoms with van der Waals surface area (Å²) >= 11 is 0. The van der Waals surface area contributed by atoms with Crippen molar-refractivity contribution in [3.63, 3.8) is 0 Å². The van der Waals surface area contributed by atoms with Crippen LogP contribution >= 0.6 is 0 Å². The largest absolute Gasteiger partial charge is 0.350 e. The minimum absolute atomic E-state index is 0.413. The quantitative estimate of drug-likeness (QED) is 0.408. The molecule has 0 aromatic carbocycles. The van der Waals surface area contributed by atoms with Gasteiger partial charge in [-0.1, -0.05) is 19.8 Å². The van der Waals surface area contributed by atoms with Gasteiger partial charge in [-0.05, 0) is 13.3 Å². The zero-order valence-corrected chi connectivity index (χ0v) is 8.67. The molecule has 0 fully saturated rings. The average Bonchev–Trinajstić information content (AvgIpc) is 2.19. The number of nitrogens with one attached hydrogen (secondary N) is 2. The Bertz CT molecular complexity index is 194. The Kier molecular flexibility index (Phi) is 6.96. The molecule has 0 saturated heterocycles. The second-order valence-corrected chi connectivity index (χ2v) is 3.05. The van der Waals surface area contributed by atoms with Crippen LogP contribution in [0.1, 0.15) is 33.1 Å². The third-order valence-electron chi connectivity index (χ3n) is 1.88. The highest BCUT2D eigenvalue weighted by Crippen LogP contribution is 2.01. The van der Waals surface area contributed by atoms with Crippen molar-refractivity contribution in [1.82, 2.24) is 10.8 Å². The fourth-order valence-electron chi connectivity index (χ4n) is 1.07. The van der Waals surface area contributed by atoms with Crippen molar-refractivity contribution in [1.29, 1.82) is 0 Å². The van der Waals surface area contributed by atoms with Gasteiger partial charge in [0.1, 0.15) is 6.04 Å². The maximum Gasteiger partial charge on any atom is 0.289 e. The first-order valence-corrected chi connectivity index (χ1v) is 4.89. The Morgan fingerprint density at radius 2 is 2.00 bits per heavy atom. The van der Waals surface area contributed by atoms with Gasteiger partial charge in [0.05, 0.1) is 0 Å². The Balaban J connectivity index is 4.09. The van der Waals surface area contributed by atoms with Crippen molar-refractivity contribution in [3.8, 4) is 0 Å². The van der Waals surface area contributed by atoms with Crippen LogP contribution in [0, 0.1) is 0 Å². The van der Waals surface area contributed by atoms with Gasteiger partial charge in [0, 0.05) is 6.54 Å². The number of rotatable bonds is 7. The van der Waals surface area contributed by atoms with Gasteiger partial charge in [-0.3, -0.25) is 9.59 Å². The van der Waals surface area contributed by atoms with Gasteiger partial charge in [0.15, 0.2) is 0 Å². The molecule has 0 rings (SSSR count). The predicted molar refractivity (Wildman–Crippen MR) is 51.9 cm³/mol. The summed E-state index contributed by atoms with van der Waals surface area (Å²) in [5, 5.41) is 11.1. The Morgan fingerprint density at radius 1 is 1.36 bits per heavy atom. The fourth-order valence-corrected chi connectivity index (χ4v) is 1.07. The van der Waals surface area contributed by atoms with Crippen LogP contribution in [0.15, 0.2) is 0 Å². The summed E-state index contributed by atoms with van der Waals surface area (Å²) in [7, 11) is 0. The van der Waals surface area contributed by atoms with Crippen LogP contribution < -0.4 is 10.8 Å². The monoisotopic (exact) mass is 202 g/mol.